The monoisotopic (exact) mass is 327 g/mol. The predicted octanol–water partition coefficient (Wildman–Crippen LogP) is 3.75. The first-order valence-electron chi connectivity index (χ1n) is 6.38. The fraction of sp³-hybridized carbons (Fsp3) is 0.286. The van der Waals surface area contributed by atoms with Gasteiger partial charge in [-0.25, -0.2) is 8.42 Å². The molecular weight excluding hydrogens is 314 g/mol. The number of nitrogens with zero attached hydrogens (tertiary/aromatic N) is 1. The second kappa shape index (κ2) is 5.48. The molecule has 0 saturated heterocycles. The van der Waals surface area contributed by atoms with Gasteiger partial charge in [0.05, 0.1) is 4.34 Å². The van der Waals surface area contributed by atoms with E-state index in [1.807, 2.05) is 30.3 Å². The third-order valence-electron chi connectivity index (χ3n) is 3.25. The third-order valence-corrected chi connectivity index (χ3v) is 6.84. The van der Waals surface area contributed by atoms with Gasteiger partial charge in [-0.2, -0.15) is 4.31 Å². The van der Waals surface area contributed by atoms with E-state index < -0.39 is 10.0 Å². The van der Waals surface area contributed by atoms with E-state index in [4.69, 9.17) is 11.6 Å². The van der Waals surface area contributed by atoms with Crippen molar-refractivity contribution in [3.05, 3.63) is 52.4 Å². The predicted molar refractivity (Wildman–Crippen MR) is 81.5 cm³/mol. The topological polar surface area (TPSA) is 37.4 Å². The van der Waals surface area contributed by atoms with Crippen molar-refractivity contribution in [2.45, 2.75) is 29.6 Å². The van der Waals surface area contributed by atoms with Crippen molar-refractivity contribution in [3.8, 4) is 0 Å². The van der Waals surface area contributed by atoms with Crippen molar-refractivity contribution in [1.29, 1.82) is 0 Å². The van der Waals surface area contributed by atoms with Gasteiger partial charge in [-0.1, -0.05) is 41.9 Å². The van der Waals surface area contributed by atoms with Crippen molar-refractivity contribution in [2.75, 3.05) is 0 Å². The van der Waals surface area contributed by atoms with Crippen LogP contribution in [0.4, 0.5) is 0 Å². The number of hydrogen-bond acceptors (Lipinski definition) is 3. The molecule has 1 aliphatic carbocycles. The summed E-state index contributed by atoms with van der Waals surface area (Å²) in [5, 5.41) is 0. The largest absolute Gasteiger partial charge is 0.253 e. The Morgan fingerprint density at radius 2 is 1.85 bits per heavy atom. The van der Waals surface area contributed by atoms with E-state index >= 15 is 0 Å². The van der Waals surface area contributed by atoms with E-state index in [1.54, 1.807) is 16.4 Å². The minimum atomic E-state index is -3.45. The molecule has 0 N–H and O–H groups in total. The SMILES string of the molecule is O=S(=O)(c1ccc(Cl)s1)N(Cc1ccccc1)C1CC1. The van der Waals surface area contributed by atoms with Crippen LogP contribution in [0.2, 0.25) is 4.34 Å². The second-order valence-corrected chi connectivity index (χ2v) is 8.66. The number of rotatable bonds is 5. The van der Waals surface area contributed by atoms with E-state index in [2.05, 4.69) is 0 Å². The number of sulfonamides is 1. The summed E-state index contributed by atoms with van der Waals surface area (Å²) in [6, 6.07) is 13.0. The zero-order valence-corrected chi connectivity index (χ0v) is 13.1. The summed E-state index contributed by atoms with van der Waals surface area (Å²) in [6.07, 6.45) is 1.87. The van der Waals surface area contributed by atoms with E-state index in [0.717, 1.165) is 29.7 Å². The molecule has 3 nitrogen and oxygen atoms in total. The molecule has 106 valence electrons. The van der Waals surface area contributed by atoms with Gasteiger partial charge in [0.15, 0.2) is 0 Å². The van der Waals surface area contributed by atoms with Gasteiger partial charge in [0.2, 0.25) is 0 Å². The minimum Gasteiger partial charge on any atom is -0.206 e. The van der Waals surface area contributed by atoms with Crippen LogP contribution in [0.1, 0.15) is 18.4 Å². The smallest absolute Gasteiger partial charge is 0.206 e. The Morgan fingerprint density at radius 3 is 2.40 bits per heavy atom. The van der Waals surface area contributed by atoms with Gasteiger partial charge in [-0.05, 0) is 30.5 Å². The molecule has 1 saturated carbocycles. The molecule has 0 atom stereocenters. The molecule has 3 rings (SSSR count). The number of hydrogen-bond donors (Lipinski definition) is 0. The Hall–Kier alpha value is -0.880. The number of benzene rings is 1. The van der Waals surface area contributed by atoms with Crippen LogP contribution >= 0.6 is 22.9 Å². The molecule has 0 unspecified atom stereocenters. The molecular formula is C14H14ClNO2S2. The highest BCUT2D eigenvalue weighted by Gasteiger charge is 2.38. The molecule has 0 spiro atoms. The molecule has 0 radical (unpaired) electrons. The maximum atomic E-state index is 12.7. The van der Waals surface area contributed by atoms with Crippen LogP contribution in [0, 0.1) is 0 Å². The highest BCUT2D eigenvalue weighted by Crippen LogP contribution is 2.36. The first kappa shape index (κ1) is 14.1. The fourth-order valence-corrected chi connectivity index (χ4v) is 5.37. The van der Waals surface area contributed by atoms with Gasteiger partial charge in [0, 0.05) is 12.6 Å². The second-order valence-electron chi connectivity index (χ2n) is 4.83. The molecule has 6 heteroatoms. The van der Waals surface area contributed by atoms with Crippen molar-refractivity contribution < 1.29 is 8.42 Å². The van der Waals surface area contributed by atoms with Gasteiger partial charge in [0.25, 0.3) is 10.0 Å². The van der Waals surface area contributed by atoms with Gasteiger partial charge in [-0.15, -0.1) is 11.3 Å². The molecule has 1 aromatic heterocycles. The average molecular weight is 328 g/mol. The van der Waals surface area contributed by atoms with Gasteiger partial charge >= 0.3 is 0 Å². The Kier molecular flexibility index (Phi) is 3.86. The summed E-state index contributed by atoms with van der Waals surface area (Å²) in [6.45, 7) is 0.420. The molecule has 0 amide bonds. The Labute approximate surface area is 127 Å². The first-order valence-corrected chi connectivity index (χ1v) is 9.02. The molecule has 20 heavy (non-hydrogen) atoms. The van der Waals surface area contributed by atoms with E-state index in [1.165, 1.54) is 0 Å². The fourth-order valence-electron chi connectivity index (χ4n) is 2.09. The zero-order chi connectivity index (χ0) is 14.2. The third kappa shape index (κ3) is 2.91. The van der Waals surface area contributed by atoms with Gasteiger partial charge < -0.3 is 0 Å². The quantitative estimate of drug-likeness (QED) is 0.838. The molecule has 1 fully saturated rings. The summed E-state index contributed by atoms with van der Waals surface area (Å²) < 4.78 is 27.8. The Balaban J connectivity index is 1.91. The first-order chi connectivity index (χ1) is 9.57. The van der Waals surface area contributed by atoms with E-state index in [9.17, 15) is 8.42 Å². The molecule has 0 aliphatic heterocycles. The Morgan fingerprint density at radius 1 is 1.15 bits per heavy atom. The van der Waals surface area contributed by atoms with E-state index in [-0.39, 0.29) is 6.04 Å². The van der Waals surface area contributed by atoms with Crippen LogP contribution in [-0.2, 0) is 16.6 Å². The summed E-state index contributed by atoms with van der Waals surface area (Å²) >= 11 is 6.98. The van der Waals surface area contributed by atoms with Crippen molar-refractivity contribution >= 4 is 33.0 Å². The molecule has 0 bridgehead atoms. The lowest BCUT2D eigenvalue weighted by molar-refractivity contribution is 0.400. The van der Waals surface area contributed by atoms with Crippen molar-refractivity contribution in [1.82, 2.24) is 4.31 Å². The highest BCUT2D eigenvalue weighted by atomic mass is 35.5. The number of thiophene rings is 1. The summed E-state index contributed by atoms with van der Waals surface area (Å²) in [5.41, 5.74) is 1.01. The zero-order valence-electron chi connectivity index (χ0n) is 10.7. The van der Waals surface area contributed by atoms with Gasteiger partial charge in [-0.3, -0.25) is 0 Å². The van der Waals surface area contributed by atoms with Crippen LogP contribution in [0.5, 0.6) is 0 Å². The van der Waals surface area contributed by atoms with Crippen LogP contribution in [-0.4, -0.2) is 18.8 Å². The molecule has 1 aromatic carbocycles. The maximum absolute atomic E-state index is 12.7. The van der Waals surface area contributed by atoms with Crippen molar-refractivity contribution in [2.24, 2.45) is 0 Å². The van der Waals surface area contributed by atoms with Gasteiger partial charge in [0.1, 0.15) is 4.21 Å². The number of halogens is 1. The van der Waals surface area contributed by atoms with Crippen molar-refractivity contribution in [3.63, 3.8) is 0 Å². The standard InChI is InChI=1S/C14H14ClNO2S2/c15-13-8-9-14(19-13)20(17,18)16(12-6-7-12)10-11-4-2-1-3-5-11/h1-5,8-9,12H,6-7,10H2. The van der Waals surface area contributed by atoms with E-state index in [0.29, 0.717) is 15.1 Å². The van der Waals surface area contributed by atoms with Crippen LogP contribution in [0.15, 0.2) is 46.7 Å². The summed E-state index contributed by atoms with van der Waals surface area (Å²) in [7, 11) is -3.45. The lowest BCUT2D eigenvalue weighted by Crippen LogP contribution is -2.32. The molecule has 1 heterocycles. The Bertz CT molecular complexity index is 693. The lowest BCUT2D eigenvalue weighted by Gasteiger charge is -2.21. The normalized spacial score (nSPS) is 15.7. The lowest BCUT2D eigenvalue weighted by atomic mass is 10.2. The maximum Gasteiger partial charge on any atom is 0.253 e. The summed E-state index contributed by atoms with van der Waals surface area (Å²) in [5.74, 6) is 0. The average Bonchev–Trinajstić information content (AvgIpc) is 3.17. The van der Waals surface area contributed by atoms with Crippen LogP contribution in [0.25, 0.3) is 0 Å². The molecule has 1 aliphatic rings. The van der Waals surface area contributed by atoms with Crippen LogP contribution < -0.4 is 0 Å². The minimum absolute atomic E-state index is 0.126. The summed E-state index contributed by atoms with van der Waals surface area (Å²) in [4.78, 5) is 0. The van der Waals surface area contributed by atoms with Crippen LogP contribution in [0.3, 0.4) is 0 Å². The molecule has 2 aromatic rings. The highest BCUT2D eigenvalue weighted by molar-refractivity contribution is 7.91.